The molecule has 0 saturated carbocycles. The second-order valence-electron chi connectivity index (χ2n) is 4.71. The fourth-order valence-electron chi connectivity index (χ4n) is 2.22. The first kappa shape index (κ1) is 13.5. The number of amides is 1. The van der Waals surface area contributed by atoms with Crippen molar-refractivity contribution in [3.63, 3.8) is 0 Å². The van der Waals surface area contributed by atoms with Crippen molar-refractivity contribution < 1.29 is 9.18 Å². The van der Waals surface area contributed by atoms with Gasteiger partial charge in [0.05, 0.1) is 0 Å². The highest BCUT2D eigenvalue weighted by Gasteiger charge is 2.20. The van der Waals surface area contributed by atoms with Crippen LogP contribution >= 0.6 is 15.9 Å². The molecule has 18 heavy (non-hydrogen) atoms. The van der Waals surface area contributed by atoms with E-state index < -0.39 is 5.82 Å². The largest absolute Gasteiger partial charge is 0.349 e. The van der Waals surface area contributed by atoms with Crippen LogP contribution in [0.4, 0.5) is 4.39 Å². The lowest BCUT2D eigenvalue weighted by atomic mass is 10.0. The van der Waals surface area contributed by atoms with Crippen molar-refractivity contribution in [1.82, 2.24) is 10.6 Å². The third-order valence-corrected chi connectivity index (χ3v) is 3.54. The molecule has 1 amide bonds. The van der Waals surface area contributed by atoms with Crippen LogP contribution in [-0.4, -0.2) is 24.5 Å². The maximum atomic E-state index is 13.2. The molecule has 98 valence electrons. The van der Waals surface area contributed by atoms with Crippen molar-refractivity contribution in [1.29, 1.82) is 0 Å². The number of carbonyl (C=O) groups excluding carboxylic acids is 1. The van der Waals surface area contributed by atoms with Crippen LogP contribution in [0.25, 0.3) is 0 Å². The molecule has 1 heterocycles. The first-order chi connectivity index (χ1) is 8.54. The van der Waals surface area contributed by atoms with E-state index in [0.717, 1.165) is 19.4 Å². The standard InChI is InChI=1S/C13H16BrFN2O/c1-8-4-12(2-3-16-8)17-13(18)9-5-10(14)7-11(15)6-9/h5-8,12,16H,2-4H2,1H3,(H,17,18). The molecule has 0 bridgehead atoms. The predicted octanol–water partition coefficient (Wildman–Crippen LogP) is 2.46. The number of rotatable bonds is 2. The van der Waals surface area contributed by atoms with E-state index in [1.807, 2.05) is 0 Å². The summed E-state index contributed by atoms with van der Waals surface area (Å²) in [6.07, 6.45) is 1.81. The first-order valence-corrected chi connectivity index (χ1v) is 6.84. The molecule has 2 N–H and O–H groups in total. The fourth-order valence-corrected chi connectivity index (χ4v) is 2.68. The molecule has 1 aliphatic heterocycles. The van der Waals surface area contributed by atoms with Gasteiger partial charge in [-0.1, -0.05) is 15.9 Å². The Balaban J connectivity index is 2.02. The first-order valence-electron chi connectivity index (χ1n) is 6.05. The highest BCUT2D eigenvalue weighted by molar-refractivity contribution is 9.10. The summed E-state index contributed by atoms with van der Waals surface area (Å²) in [5.41, 5.74) is 0.355. The molecule has 0 radical (unpaired) electrons. The minimum Gasteiger partial charge on any atom is -0.349 e. The molecule has 1 saturated heterocycles. The van der Waals surface area contributed by atoms with E-state index in [-0.39, 0.29) is 11.9 Å². The minimum atomic E-state index is -0.409. The van der Waals surface area contributed by atoms with Crippen LogP contribution in [0.5, 0.6) is 0 Å². The Hall–Kier alpha value is -0.940. The minimum absolute atomic E-state index is 0.163. The van der Waals surface area contributed by atoms with Crippen molar-refractivity contribution in [2.24, 2.45) is 0 Å². The monoisotopic (exact) mass is 314 g/mol. The summed E-state index contributed by atoms with van der Waals surface area (Å²) in [5, 5.41) is 6.28. The number of hydrogen-bond donors (Lipinski definition) is 2. The Kier molecular flexibility index (Phi) is 4.35. The van der Waals surface area contributed by atoms with Crippen molar-refractivity contribution in [3.8, 4) is 0 Å². The van der Waals surface area contributed by atoms with Gasteiger partial charge < -0.3 is 10.6 Å². The zero-order valence-electron chi connectivity index (χ0n) is 10.2. The van der Waals surface area contributed by atoms with Gasteiger partial charge in [0.1, 0.15) is 5.82 Å². The summed E-state index contributed by atoms with van der Waals surface area (Å²) in [6, 6.07) is 4.79. The average molecular weight is 315 g/mol. The Morgan fingerprint density at radius 3 is 2.94 bits per heavy atom. The van der Waals surface area contributed by atoms with Crippen LogP contribution in [0.3, 0.4) is 0 Å². The molecule has 3 nitrogen and oxygen atoms in total. The van der Waals surface area contributed by atoms with E-state index in [4.69, 9.17) is 0 Å². The molecule has 0 spiro atoms. The number of carbonyl (C=O) groups is 1. The Bertz CT molecular complexity index is 432. The Morgan fingerprint density at radius 1 is 1.50 bits per heavy atom. The molecular formula is C13H16BrFN2O. The molecule has 1 fully saturated rings. The van der Waals surface area contributed by atoms with Gasteiger partial charge >= 0.3 is 0 Å². The second-order valence-corrected chi connectivity index (χ2v) is 5.62. The number of benzene rings is 1. The van der Waals surface area contributed by atoms with E-state index in [1.54, 1.807) is 6.07 Å². The van der Waals surface area contributed by atoms with Gasteiger partial charge in [-0.2, -0.15) is 0 Å². The van der Waals surface area contributed by atoms with Crippen LogP contribution in [0.2, 0.25) is 0 Å². The third kappa shape index (κ3) is 3.53. The van der Waals surface area contributed by atoms with Crippen LogP contribution in [0.1, 0.15) is 30.1 Å². The molecule has 5 heteroatoms. The molecule has 2 unspecified atom stereocenters. The third-order valence-electron chi connectivity index (χ3n) is 3.08. The van der Waals surface area contributed by atoms with E-state index in [9.17, 15) is 9.18 Å². The zero-order chi connectivity index (χ0) is 13.1. The lowest BCUT2D eigenvalue weighted by molar-refractivity contribution is 0.0925. The molecule has 1 aromatic carbocycles. The van der Waals surface area contributed by atoms with Crippen molar-refractivity contribution in [3.05, 3.63) is 34.1 Å². The highest BCUT2D eigenvalue weighted by atomic mass is 79.9. The summed E-state index contributed by atoms with van der Waals surface area (Å²) >= 11 is 3.19. The summed E-state index contributed by atoms with van der Waals surface area (Å²) in [7, 11) is 0. The van der Waals surface area contributed by atoms with E-state index in [2.05, 4.69) is 33.5 Å². The SMILES string of the molecule is CC1CC(NC(=O)c2cc(F)cc(Br)c2)CCN1. The highest BCUT2D eigenvalue weighted by Crippen LogP contribution is 2.16. The van der Waals surface area contributed by atoms with Crippen LogP contribution in [0.15, 0.2) is 22.7 Å². The van der Waals surface area contributed by atoms with E-state index in [1.165, 1.54) is 12.1 Å². The maximum absolute atomic E-state index is 13.2. The van der Waals surface area contributed by atoms with Gasteiger partial charge in [-0.15, -0.1) is 0 Å². The lowest BCUT2D eigenvalue weighted by Gasteiger charge is -2.28. The molecule has 0 aromatic heterocycles. The van der Waals surface area contributed by atoms with Crippen LogP contribution in [0, 0.1) is 5.82 Å². The fraction of sp³-hybridized carbons (Fsp3) is 0.462. The quantitative estimate of drug-likeness (QED) is 0.880. The number of nitrogens with one attached hydrogen (secondary N) is 2. The van der Waals surface area contributed by atoms with Gasteiger partial charge in [0.15, 0.2) is 0 Å². The molecule has 0 aliphatic carbocycles. The van der Waals surface area contributed by atoms with Gasteiger partial charge in [-0.05, 0) is 44.5 Å². The topological polar surface area (TPSA) is 41.1 Å². The van der Waals surface area contributed by atoms with Crippen molar-refractivity contribution in [2.75, 3.05) is 6.54 Å². The van der Waals surface area contributed by atoms with Crippen molar-refractivity contribution >= 4 is 21.8 Å². The summed E-state index contributed by atoms with van der Waals surface area (Å²) in [6.45, 7) is 3.00. The second kappa shape index (κ2) is 5.80. The van der Waals surface area contributed by atoms with Crippen molar-refractivity contribution in [2.45, 2.75) is 31.8 Å². The van der Waals surface area contributed by atoms with Gasteiger partial charge in [0.2, 0.25) is 0 Å². The molecule has 1 aliphatic rings. The molecule has 2 atom stereocenters. The Morgan fingerprint density at radius 2 is 2.28 bits per heavy atom. The van der Waals surface area contributed by atoms with Crippen LogP contribution in [-0.2, 0) is 0 Å². The van der Waals surface area contributed by atoms with E-state index in [0.29, 0.717) is 16.1 Å². The number of halogens is 2. The lowest BCUT2D eigenvalue weighted by Crippen LogP contribution is -2.46. The molecular weight excluding hydrogens is 299 g/mol. The normalized spacial score (nSPS) is 23.7. The predicted molar refractivity (Wildman–Crippen MR) is 72.1 cm³/mol. The van der Waals surface area contributed by atoms with Gasteiger partial charge in [0.25, 0.3) is 5.91 Å². The number of hydrogen-bond acceptors (Lipinski definition) is 2. The molecule has 2 rings (SSSR count). The van der Waals surface area contributed by atoms with Gasteiger partial charge in [-0.25, -0.2) is 4.39 Å². The zero-order valence-corrected chi connectivity index (χ0v) is 11.8. The smallest absolute Gasteiger partial charge is 0.251 e. The van der Waals surface area contributed by atoms with Crippen LogP contribution < -0.4 is 10.6 Å². The molecule has 1 aromatic rings. The number of piperidine rings is 1. The average Bonchev–Trinajstić information content (AvgIpc) is 2.27. The van der Waals surface area contributed by atoms with Gasteiger partial charge in [-0.3, -0.25) is 4.79 Å². The summed E-state index contributed by atoms with van der Waals surface area (Å²) < 4.78 is 13.8. The maximum Gasteiger partial charge on any atom is 0.251 e. The van der Waals surface area contributed by atoms with Gasteiger partial charge in [0, 0.05) is 22.1 Å². The Labute approximate surface area is 114 Å². The summed E-state index contributed by atoms with van der Waals surface area (Å²) in [4.78, 5) is 12.0. The summed E-state index contributed by atoms with van der Waals surface area (Å²) in [5.74, 6) is -0.623. The van der Waals surface area contributed by atoms with E-state index >= 15 is 0 Å².